The minimum absolute atomic E-state index is 0.283. The first kappa shape index (κ1) is 15.3. The monoisotopic (exact) mass is 313 g/mol. The molecule has 6 heteroatoms. The Bertz CT molecular complexity index is 766. The standard InChI is InChI=1S/C17H19N3O3/c1-3-20-14(8-11(2)18-20)16(21)19-10-13-7-5-4-6-12(13)9-15(19)17(22)23/h4-8,15H,3,9-10H2,1-2H3,(H,22,23)/t15-/m0/s1. The fourth-order valence-electron chi connectivity index (χ4n) is 3.06. The maximum absolute atomic E-state index is 12.9. The summed E-state index contributed by atoms with van der Waals surface area (Å²) in [5.41, 5.74) is 3.18. The van der Waals surface area contributed by atoms with Crippen molar-refractivity contribution in [2.24, 2.45) is 0 Å². The van der Waals surface area contributed by atoms with Crippen LogP contribution in [0.5, 0.6) is 0 Å². The van der Waals surface area contributed by atoms with Gasteiger partial charge in [0.1, 0.15) is 11.7 Å². The number of aromatic nitrogens is 2. The van der Waals surface area contributed by atoms with Crippen LogP contribution in [0.3, 0.4) is 0 Å². The molecule has 2 aromatic rings. The van der Waals surface area contributed by atoms with E-state index in [0.29, 0.717) is 25.2 Å². The van der Waals surface area contributed by atoms with Gasteiger partial charge in [-0.3, -0.25) is 9.48 Å². The van der Waals surface area contributed by atoms with Crippen LogP contribution in [0.4, 0.5) is 0 Å². The van der Waals surface area contributed by atoms with Gasteiger partial charge >= 0.3 is 5.97 Å². The van der Waals surface area contributed by atoms with Gasteiger partial charge < -0.3 is 10.0 Å². The number of carboxylic acids is 1. The van der Waals surface area contributed by atoms with Crippen LogP contribution >= 0.6 is 0 Å². The minimum atomic E-state index is -0.980. The summed E-state index contributed by atoms with van der Waals surface area (Å²) in [5.74, 6) is -1.26. The van der Waals surface area contributed by atoms with Crippen molar-refractivity contribution in [3.8, 4) is 0 Å². The summed E-state index contributed by atoms with van der Waals surface area (Å²) in [7, 11) is 0. The Morgan fingerprint density at radius 2 is 2.00 bits per heavy atom. The van der Waals surface area contributed by atoms with E-state index in [-0.39, 0.29) is 5.91 Å². The highest BCUT2D eigenvalue weighted by atomic mass is 16.4. The van der Waals surface area contributed by atoms with Gasteiger partial charge in [0, 0.05) is 19.5 Å². The molecule has 120 valence electrons. The fourth-order valence-corrected chi connectivity index (χ4v) is 3.06. The zero-order valence-corrected chi connectivity index (χ0v) is 13.2. The van der Waals surface area contributed by atoms with E-state index in [4.69, 9.17) is 0 Å². The molecule has 1 aliphatic heterocycles. The number of amides is 1. The lowest BCUT2D eigenvalue weighted by Gasteiger charge is -2.34. The lowest BCUT2D eigenvalue weighted by molar-refractivity contribution is -0.142. The van der Waals surface area contributed by atoms with Gasteiger partial charge in [-0.05, 0) is 31.0 Å². The second-order valence-corrected chi connectivity index (χ2v) is 5.75. The normalized spacial score (nSPS) is 17.0. The van der Waals surface area contributed by atoms with Crippen molar-refractivity contribution in [3.05, 3.63) is 52.8 Å². The van der Waals surface area contributed by atoms with Crippen LogP contribution in [-0.4, -0.2) is 37.7 Å². The van der Waals surface area contributed by atoms with Gasteiger partial charge in [0.25, 0.3) is 5.91 Å². The van der Waals surface area contributed by atoms with Gasteiger partial charge in [-0.25, -0.2) is 4.79 Å². The van der Waals surface area contributed by atoms with Crippen LogP contribution in [-0.2, 0) is 24.3 Å². The summed E-state index contributed by atoms with van der Waals surface area (Å²) >= 11 is 0. The molecule has 3 rings (SSSR count). The number of carbonyl (C=O) groups is 2. The molecule has 0 fully saturated rings. The maximum Gasteiger partial charge on any atom is 0.326 e. The third kappa shape index (κ3) is 2.72. The summed E-state index contributed by atoms with van der Waals surface area (Å²) < 4.78 is 1.62. The number of hydrogen-bond acceptors (Lipinski definition) is 3. The van der Waals surface area contributed by atoms with Gasteiger partial charge in [-0.15, -0.1) is 0 Å². The first-order valence-electron chi connectivity index (χ1n) is 7.66. The van der Waals surface area contributed by atoms with Crippen molar-refractivity contribution < 1.29 is 14.7 Å². The highest BCUT2D eigenvalue weighted by Gasteiger charge is 2.36. The molecule has 0 radical (unpaired) electrons. The van der Waals surface area contributed by atoms with Gasteiger partial charge in [-0.2, -0.15) is 5.10 Å². The Morgan fingerprint density at radius 1 is 1.30 bits per heavy atom. The van der Waals surface area contributed by atoms with Gasteiger partial charge in [-0.1, -0.05) is 24.3 Å². The van der Waals surface area contributed by atoms with Crippen LogP contribution in [0.1, 0.15) is 34.2 Å². The Kier molecular flexibility index (Phi) is 3.90. The first-order chi connectivity index (χ1) is 11.0. The van der Waals surface area contributed by atoms with Crippen molar-refractivity contribution in [3.63, 3.8) is 0 Å². The van der Waals surface area contributed by atoms with E-state index in [1.165, 1.54) is 4.90 Å². The van der Waals surface area contributed by atoms with E-state index in [1.807, 2.05) is 38.1 Å². The zero-order chi connectivity index (χ0) is 16.6. The van der Waals surface area contributed by atoms with E-state index in [2.05, 4.69) is 5.10 Å². The molecule has 1 aromatic carbocycles. The quantitative estimate of drug-likeness (QED) is 0.938. The molecule has 6 nitrogen and oxygen atoms in total. The van der Waals surface area contributed by atoms with Crippen LogP contribution in [0.15, 0.2) is 30.3 Å². The Labute approximate surface area is 134 Å². The number of hydrogen-bond donors (Lipinski definition) is 1. The van der Waals surface area contributed by atoms with Crippen molar-refractivity contribution in [2.45, 2.75) is 39.4 Å². The smallest absolute Gasteiger partial charge is 0.326 e. The van der Waals surface area contributed by atoms with Crippen LogP contribution in [0, 0.1) is 6.92 Å². The van der Waals surface area contributed by atoms with E-state index in [0.717, 1.165) is 16.8 Å². The molecule has 1 atom stereocenters. The van der Waals surface area contributed by atoms with Crippen molar-refractivity contribution in [1.82, 2.24) is 14.7 Å². The predicted molar refractivity (Wildman–Crippen MR) is 84.1 cm³/mol. The zero-order valence-electron chi connectivity index (χ0n) is 13.2. The number of carbonyl (C=O) groups excluding carboxylic acids is 1. The summed E-state index contributed by atoms with van der Waals surface area (Å²) in [5, 5.41) is 13.8. The van der Waals surface area contributed by atoms with Crippen molar-refractivity contribution in [1.29, 1.82) is 0 Å². The highest BCUT2D eigenvalue weighted by Crippen LogP contribution is 2.25. The van der Waals surface area contributed by atoms with E-state index in [9.17, 15) is 14.7 Å². The molecular formula is C17H19N3O3. The molecule has 1 N–H and O–H groups in total. The topological polar surface area (TPSA) is 75.4 Å². The van der Waals surface area contributed by atoms with Crippen LogP contribution in [0.2, 0.25) is 0 Å². The van der Waals surface area contributed by atoms with Crippen molar-refractivity contribution >= 4 is 11.9 Å². The van der Waals surface area contributed by atoms with Crippen LogP contribution in [0.25, 0.3) is 0 Å². The number of fused-ring (bicyclic) bond motifs is 1. The molecule has 0 unspecified atom stereocenters. The molecule has 1 aliphatic rings. The van der Waals surface area contributed by atoms with Crippen LogP contribution < -0.4 is 0 Å². The van der Waals surface area contributed by atoms with Crippen molar-refractivity contribution in [2.75, 3.05) is 0 Å². The lowest BCUT2D eigenvalue weighted by atomic mass is 9.93. The van der Waals surface area contributed by atoms with Gasteiger partial charge in [0.05, 0.1) is 5.69 Å². The maximum atomic E-state index is 12.9. The van der Waals surface area contributed by atoms with E-state index < -0.39 is 12.0 Å². The SMILES string of the molecule is CCn1nc(C)cc1C(=O)N1Cc2ccccc2C[C@H]1C(=O)O. The molecule has 0 aliphatic carbocycles. The summed E-state index contributed by atoms with van der Waals surface area (Å²) in [6.07, 6.45) is 0.330. The average Bonchev–Trinajstić information content (AvgIpc) is 2.93. The largest absolute Gasteiger partial charge is 0.480 e. The molecule has 0 spiro atoms. The molecular weight excluding hydrogens is 294 g/mol. The Hall–Kier alpha value is -2.63. The molecule has 0 saturated carbocycles. The first-order valence-corrected chi connectivity index (χ1v) is 7.66. The number of nitrogens with zero attached hydrogens (tertiary/aromatic N) is 3. The average molecular weight is 313 g/mol. The fraction of sp³-hybridized carbons (Fsp3) is 0.353. The molecule has 23 heavy (non-hydrogen) atoms. The summed E-state index contributed by atoms with van der Waals surface area (Å²) in [6.45, 7) is 4.60. The predicted octanol–water partition coefficient (Wildman–Crippen LogP) is 1.86. The third-order valence-electron chi connectivity index (χ3n) is 4.22. The summed E-state index contributed by atoms with van der Waals surface area (Å²) in [4.78, 5) is 26.0. The Balaban J connectivity index is 1.99. The molecule has 0 bridgehead atoms. The number of aliphatic carboxylic acids is 1. The number of benzene rings is 1. The van der Waals surface area contributed by atoms with E-state index >= 15 is 0 Å². The van der Waals surface area contributed by atoms with Gasteiger partial charge in [0.15, 0.2) is 0 Å². The molecule has 1 aromatic heterocycles. The highest BCUT2D eigenvalue weighted by molar-refractivity contribution is 5.95. The second kappa shape index (κ2) is 5.87. The van der Waals surface area contributed by atoms with E-state index in [1.54, 1.807) is 10.7 Å². The number of aryl methyl sites for hydroxylation is 2. The molecule has 0 saturated heterocycles. The Morgan fingerprint density at radius 3 is 2.65 bits per heavy atom. The number of rotatable bonds is 3. The second-order valence-electron chi connectivity index (χ2n) is 5.75. The lowest BCUT2D eigenvalue weighted by Crippen LogP contribution is -2.49. The third-order valence-corrected chi connectivity index (χ3v) is 4.22. The summed E-state index contributed by atoms with van der Waals surface area (Å²) in [6, 6.07) is 8.53. The minimum Gasteiger partial charge on any atom is -0.480 e. The molecule has 1 amide bonds. The molecule has 2 heterocycles. The number of carboxylic acid groups (broad SMARTS) is 1. The van der Waals surface area contributed by atoms with Gasteiger partial charge in [0.2, 0.25) is 0 Å².